The molecule has 0 unspecified atom stereocenters. The van der Waals surface area contributed by atoms with Crippen molar-refractivity contribution < 1.29 is 30.0 Å². The van der Waals surface area contributed by atoms with Crippen molar-refractivity contribution >= 4 is 17.9 Å². The molecule has 6 nitrogen and oxygen atoms in total. The fraction of sp³-hybridized carbons (Fsp3) is 0.171. The van der Waals surface area contributed by atoms with Crippen LogP contribution in [0.5, 0.6) is 23.0 Å². The molecule has 0 amide bonds. The molecule has 4 aromatic carbocycles. The van der Waals surface area contributed by atoms with Gasteiger partial charge in [-0.25, -0.2) is 0 Å². The number of allylic oxidation sites excluding steroid dienone is 2. The molecule has 0 saturated carbocycles. The zero-order valence-electron chi connectivity index (χ0n) is 22.9. The number of ketones is 1. The lowest BCUT2D eigenvalue weighted by Gasteiger charge is -2.22. The topological polar surface area (TPSA) is 107 Å². The van der Waals surface area contributed by atoms with E-state index in [9.17, 15) is 25.2 Å². The molecule has 0 aliphatic carbocycles. The largest absolute Gasteiger partial charge is 0.508 e. The van der Waals surface area contributed by atoms with Gasteiger partial charge in [0.1, 0.15) is 28.6 Å². The number of aromatic hydroxyl groups is 3. The van der Waals surface area contributed by atoms with Crippen LogP contribution in [-0.2, 0) is 6.42 Å². The van der Waals surface area contributed by atoms with Crippen molar-refractivity contribution in [3.63, 3.8) is 0 Å². The van der Waals surface area contributed by atoms with Crippen molar-refractivity contribution in [3.8, 4) is 23.0 Å². The molecule has 0 heterocycles. The monoisotopic (exact) mass is 550 g/mol. The number of hydrogen-bond acceptors (Lipinski definition) is 6. The van der Waals surface area contributed by atoms with Crippen LogP contribution in [0.2, 0.25) is 0 Å². The second-order valence-corrected chi connectivity index (χ2v) is 9.81. The Morgan fingerprint density at radius 1 is 0.854 bits per heavy atom. The van der Waals surface area contributed by atoms with E-state index in [1.54, 1.807) is 42.5 Å². The van der Waals surface area contributed by atoms with Crippen LogP contribution < -0.4 is 4.74 Å². The number of rotatable bonds is 12. The summed E-state index contributed by atoms with van der Waals surface area (Å²) >= 11 is 0. The van der Waals surface area contributed by atoms with E-state index in [-0.39, 0.29) is 34.8 Å². The molecule has 4 N–H and O–H groups in total. The maximum Gasteiger partial charge on any atom is 0.193 e. The third kappa shape index (κ3) is 7.87. The first-order chi connectivity index (χ1) is 19.9. The number of hydrogen-bond donors (Lipinski definition) is 4. The summed E-state index contributed by atoms with van der Waals surface area (Å²) in [5.41, 5.74) is 2.73. The predicted octanol–water partition coefficient (Wildman–Crippen LogP) is 6.89. The highest BCUT2D eigenvalue weighted by Crippen LogP contribution is 2.44. The minimum Gasteiger partial charge on any atom is -0.508 e. The Morgan fingerprint density at radius 2 is 1.49 bits per heavy atom. The molecule has 0 saturated heterocycles. The maximum atomic E-state index is 13.3. The van der Waals surface area contributed by atoms with Gasteiger partial charge < -0.3 is 25.2 Å². The molecule has 0 spiro atoms. The highest BCUT2D eigenvalue weighted by Gasteiger charge is 2.27. The van der Waals surface area contributed by atoms with E-state index < -0.39 is 23.6 Å². The summed E-state index contributed by atoms with van der Waals surface area (Å²) in [6.45, 7) is 0. The molecule has 0 fully saturated rings. The van der Waals surface area contributed by atoms with E-state index in [0.29, 0.717) is 12.8 Å². The van der Waals surface area contributed by atoms with Crippen LogP contribution >= 0.6 is 0 Å². The zero-order valence-corrected chi connectivity index (χ0v) is 22.9. The van der Waals surface area contributed by atoms with Gasteiger partial charge in [0.05, 0.1) is 13.2 Å². The quantitative estimate of drug-likeness (QED) is 0.113. The van der Waals surface area contributed by atoms with Crippen molar-refractivity contribution in [1.29, 1.82) is 0 Å². The fourth-order valence-corrected chi connectivity index (χ4v) is 4.73. The lowest BCUT2D eigenvalue weighted by molar-refractivity contribution is 0.104. The number of carbonyl (C=O) groups excluding carboxylic acids is 1. The molecule has 0 radical (unpaired) electrons. The number of phenols is 3. The molecule has 4 aromatic rings. The highest BCUT2D eigenvalue weighted by molar-refractivity contribution is 6.11. The molecule has 0 aromatic heterocycles. The molecular formula is C35H34O6. The van der Waals surface area contributed by atoms with Crippen LogP contribution in [0.25, 0.3) is 12.2 Å². The Bertz CT molecular complexity index is 1490. The number of methoxy groups -OCH3 is 1. The summed E-state index contributed by atoms with van der Waals surface area (Å²) in [5, 5.41) is 43.1. The van der Waals surface area contributed by atoms with Gasteiger partial charge in [0.15, 0.2) is 5.78 Å². The Kier molecular flexibility index (Phi) is 9.97. The van der Waals surface area contributed by atoms with E-state index in [0.717, 1.165) is 16.7 Å². The third-order valence-corrected chi connectivity index (χ3v) is 6.90. The second-order valence-electron chi connectivity index (χ2n) is 9.81. The summed E-state index contributed by atoms with van der Waals surface area (Å²) in [6.07, 6.45) is 7.10. The van der Waals surface area contributed by atoms with Gasteiger partial charge in [-0.15, -0.1) is 0 Å². The number of aliphatic hydroxyl groups excluding tert-OH is 1. The molecule has 6 heteroatoms. The first kappa shape index (κ1) is 29.2. The molecule has 0 aliphatic rings. The van der Waals surface area contributed by atoms with Gasteiger partial charge in [-0.2, -0.15) is 0 Å². The SMILES string of the molecule is COc1cc(O)c([C@@H](C=Cc2ccc(O)cc2)C[C@@H](O)CCc2ccccc2)c(O)c1C(=O)C=Cc1ccccc1. The molecule has 0 bridgehead atoms. The van der Waals surface area contributed by atoms with Gasteiger partial charge in [0, 0.05) is 17.5 Å². The van der Waals surface area contributed by atoms with E-state index >= 15 is 0 Å². The van der Waals surface area contributed by atoms with Crippen molar-refractivity contribution in [1.82, 2.24) is 0 Å². The lowest BCUT2D eigenvalue weighted by atomic mass is 9.87. The fourth-order valence-electron chi connectivity index (χ4n) is 4.73. The smallest absolute Gasteiger partial charge is 0.193 e. The van der Waals surface area contributed by atoms with Gasteiger partial charge in [-0.3, -0.25) is 4.79 Å². The summed E-state index contributed by atoms with van der Waals surface area (Å²) < 4.78 is 5.36. The minimum absolute atomic E-state index is 0.0392. The average Bonchev–Trinajstić information content (AvgIpc) is 2.99. The first-order valence-corrected chi connectivity index (χ1v) is 13.4. The van der Waals surface area contributed by atoms with E-state index in [4.69, 9.17) is 4.74 Å². The van der Waals surface area contributed by atoms with Gasteiger partial charge in [-0.1, -0.05) is 91.0 Å². The van der Waals surface area contributed by atoms with E-state index in [1.807, 2.05) is 60.7 Å². The number of phenolic OH excluding ortho intramolecular Hbond substituents is 3. The molecule has 4 rings (SSSR count). The molecule has 41 heavy (non-hydrogen) atoms. The Morgan fingerprint density at radius 3 is 2.15 bits per heavy atom. The number of ether oxygens (including phenoxy) is 1. The zero-order chi connectivity index (χ0) is 29.2. The molecular weight excluding hydrogens is 516 g/mol. The van der Waals surface area contributed by atoms with Crippen LogP contribution in [0, 0.1) is 0 Å². The molecule has 2 atom stereocenters. The number of aryl methyl sites for hydroxylation is 1. The van der Waals surface area contributed by atoms with E-state index in [2.05, 4.69) is 0 Å². The van der Waals surface area contributed by atoms with Gasteiger partial charge >= 0.3 is 0 Å². The van der Waals surface area contributed by atoms with Crippen LogP contribution in [0.1, 0.15) is 51.4 Å². The predicted molar refractivity (Wildman–Crippen MR) is 161 cm³/mol. The summed E-state index contributed by atoms with van der Waals surface area (Å²) in [7, 11) is 1.36. The van der Waals surface area contributed by atoms with Crippen molar-refractivity contribution in [2.45, 2.75) is 31.3 Å². The van der Waals surface area contributed by atoms with Gasteiger partial charge in [-0.05, 0) is 54.2 Å². The average molecular weight is 551 g/mol. The Hall–Kier alpha value is -4.81. The Balaban J connectivity index is 1.69. The summed E-state index contributed by atoms with van der Waals surface area (Å²) in [6, 6.07) is 27.0. The highest BCUT2D eigenvalue weighted by atomic mass is 16.5. The van der Waals surface area contributed by atoms with Gasteiger partial charge in [0.25, 0.3) is 0 Å². The van der Waals surface area contributed by atoms with Crippen LogP contribution in [0.3, 0.4) is 0 Å². The maximum absolute atomic E-state index is 13.3. The number of aliphatic hydroxyl groups is 1. The number of benzene rings is 4. The van der Waals surface area contributed by atoms with Crippen molar-refractivity contribution in [2.24, 2.45) is 0 Å². The standard InChI is InChI=1S/C35H34O6/c1-41-32-23-31(39)33(35(40)34(32)30(38)21-16-25-10-6-3-7-11-25)27(17-12-26-13-18-28(36)19-14-26)22-29(37)20-15-24-8-4-2-5-9-24/h2-14,16-19,21,23,27,29,36-37,39-40H,15,20,22H2,1H3/t27-,29-/m0/s1. The normalized spacial score (nSPS) is 12.9. The Labute approximate surface area is 240 Å². The summed E-state index contributed by atoms with van der Waals surface area (Å²) in [4.78, 5) is 13.3. The molecule has 0 aliphatic heterocycles. The van der Waals surface area contributed by atoms with Crippen LogP contribution in [0.15, 0.2) is 103 Å². The lowest BCUT2D eigenvalue weighted by Crippen LogP contribution is -2.14. The van der Waals surface area contributed by atoms with Crippen molar-refractivity contribution in [3.05, 3.63) is 131 Å². The third-order valence-electron chi connectivity index (χ3n) is 6.90. The van der Waals surface area contributed by atoms with Crippen molar-refractivity contribution in [2.75, 3.05) is 7.11 Å². The van der Waals surface area contributed by atoms with Crippen LogP contribution in [-0.4, -0.2) is 39.4 Å². The molecule has 210 valence electrons. The minimum atomic E-state index is -0.761. The van der Waals surface area contributed by atoms with E-state index in [1.165, 1.54) is 19.3 Å². The van der Waals surface area contributed by atoms with Gasteiger partial charge in [0.2, 0.25) is 0 Å². The summed E-state index contributed by atoms with van der Waals surface area (Å²) in [5.74, 6) is -1.62. The second kappa shape index (κ2) is 14.0. The number of carbonyl (C=O) groups is 1. The first-order valence-electron chi connectivity index (χ1n) is 13.4. The van der Waals surface area contributed by atoms with Crippen LogP contribution in [0.4, 0.5) is 0 Å².